The van der Waals surface area contributed by atoms with E-state index in [9.17, 15) is 18.8 Å². The smallest absolute Gasteiger partial charge is 0.294 e. The average Bonchev–Trinajstić information content (AvgIpc) is 3.11. The Hall–Kier alpha value is -3.38. The van der Waals surface area contributed by atoms with Crippen molar-refractivity contribution in [3.05, 3.63) is 91.6 Å². The van der Waals surface area contributed by atoms with Crippen molar-refractivity contribution in [2.24, 2.45) is 0 Å². The molecule has 0 atom stereocenters. The average molecular weight is 632 g/mol. The summed E-state index contributed by atoms with van der Waals surface area (Å²) in [6.45, 7) is 1.90. The minimum atomic E-state index is -0.611. The van der Waals surface area contributed by atoms with Crippen LogP contribution in [0.2, 0.25) is 0 Å². The summed E-state index contributed by atoms with van der Waals surface area (Å²) in [6, 6.07) is 16.9. The maximum absolute atomic E-state index is 13.3. The number of halogens is 2. The standard InChI is InChI=1S/C27H22FIN2O5S/c1-16-6-8-17(9-7-16)15-36-25-21(29)10-18(11-22(25)35-2)12-23-26(33)31(27(34)37-23)14-24(32)30-20-5-3-4-19(28)13-20/h3-13H,14-15H2,1-2H3,(H,30,32)/b23-12+. The number of thioether (sulfide) groups is 1. The van der Waals surface area contributed by atoms with Crippen LogP contribution in [0.5, 0.6) is 11.5 Å². The van der Waals surface area contributed by atoms with Crippen LogP contribution in [0.3, 0.4) is 0 Å². The van der Waals surface area contributed by atoms with Crippen molar-refractivity contribution in [1.29, 1.82) is 0 Å². The summed E-state index contributed by atoms with van der Waals surface area (Å²) in [5.41, 5.74) is 3.05. The molecule has 10 heteroatoms. The lowest BCUT2D eigenvalue weighted by Gasteiger charge is -2.14. The fourth-order valence-corrected chi connectivity index (χ4v) is 5.12. The predicted octanol–water partition coefficient (Wildman–Crippen LogP) is 6.00. The van der Waals surface area contributed by atoms with Gasteiger partial charge in [0, 0.05) is 5.69 Å². The molecule has 0 saturated carbocycles. The minimum Gasteiger partial charge on any atom is -0.493 e. The monoisotopic (exact) mass is 632 g/mol. The molecule has 0 aromatic heterocycles. The van der Waals surface area contributed by atoms with Crippen molar-refractivity contribution >= 4 is 63.2 Å². The molecule has 0 bridgehead atoms. The molecular formula is C27H22FIN2O5S. The van der Waals surface area contributed by atoms with Crippen molar-refractivity contribution in [1.82, 2.24) is 4.90 Å². The van der Waals surface area contributed by atoms with Crippen LogP contribution in [-0.4, -0.2) is 35.6 Å². The number of methoxy groups -OCH3 is 1. The third-order valence-electron chi connectivity index (χ3n) is 5.34. The number of amides is 3. The number of carbonyl (C=O) groups is 3. The molecule has 190 valence electrons. The van der Waals surface area contributed by atoms with Crippen molar-refractivity contribution in [2.45, 2.75) is 13.5 Å². The van der Waals surface area contributed by atoms with Crippen LogP contribution < -0.4 is 14.8 Å². The minimum absolute atomic E-state index is 0.176. The van der Waals surface area contributed by atoms with E-state index in [1.807, 2.05) is 37.3 Å². The lowest BCUT2D eigenvalue weighted by Crippen LogP contribution is -2.36. The Morgan fingerprint density at radius 2 is 1.89 bits per heavy atom. The summed E-state index contributed by atoms with van der Waals surface area (Å²) in [5.74, 6) is -0.649. The van der Waals surface area contributed by atoms with E-state index in [-0.39, 0.29) is 10.6 Å². The molecule has 1 fully saturated rings. The predicted molar refractivity (Wildman–Crippen MR) is 149 cm³/mol. The zero-order valence-electron chi connectivity index (χ0n) is 19.9. The van der Waals surface area contributed by atoms with Crippen LogP contribution in [0.4, 0.5) is 14.9 Å². The molecule has 1 N–H and O–H groups in total. The molecule has 3 amide bonds. The summed E-state index contributed by atoms with van der Waals surface area (Å²) in [6.07, 6.45) is 1.57. The van der Waals surface area contributed by atoms with Gasteiger partial charge in [-0.25, -0.2) is 4.39 Å². The van der Waals surface area contributed by atoms with Gasteiger partial charge < -0.3 is 14.8 Å². The zero-order valence-corrected chi connectivity index (χ0v) is 22.9. The normalized spacial score (nSPS) is 14.3. The fourth-order valence-electron chi connectivity index (χ4n) is 3.50. The van der Waals surface area contributed by atoms with Crippen LogP contribution in [0, 0.1) is 16.3 Å². The number of carbonyl (C=O) groups excluding carboxylic acids is 3. The first kappa shape index (κ1) is 26.7. The number of imide groups is 1. The number of nitrogens with one attached hydrogen (secondary N) is 1. The number of nitrogens with zero attached hydrogens (tertiary/aromatic N) is 1. The Bertz CT molecular complexity index is 1390. The largest absolute Gasteiger partial charge is 0.493 e. The second-order valence-corrected chi connectivity index (χ2v) is 10.3. The summed E-state index contributed by atoms with van der Waals surface area (Å²) in [7, 11) is 1.53. The van der Waals surface area contributed by atoms with Gasteiger partial charge in [0.15, 0.2) is 11.5 Å². The van der Waals surface area contributed by atoms with Crippen molar-refractivity contribution < 1.29 is 28.2 Å². The van der Waals surface area contributed by atoms with Crippen LogP contribution in [0.15, 0.2) is 65.6 Å². The maximum Gasteiger partial charge on any atom is 0.294 e. The first-order valence-corrected chi connectivity index (χ1v) is 13.0. The third-order valence-corrected chi connectivity index (χ3v) is 7.05. The Morgan fingerprint density at radius 1 is 1.14 bits per heavy atom. The zero-order chi connectivity index (χ0) is 26.5. The van der Waals surface area contributed by atoms with E-state index in [0.717, 1.165) is 37.4 Å². The number of hydrogen-bond donors (Lipinski definition) is 1. The number of aryl methyl sites for hydroxylation is 1. The quantitative estimate of drug-likeness (QED) is 0.242. The van der Waals surface area contributed by atoms with Crippen molar-refractivity contribution in [3.63, 3.8) is 0 Å². The first-order valence-electron chi connectivity index (χ1n) is 11.1. The number of ether oxygens (including phenoxy) is 2. The number of hydrogen-bond acceptors (Lipinski definition) is 6. The van der Waals surface area contributed by atoms with Gasteiger partial charge in [0.05, 0.1) is 15.6 Å². The lowest BCUT2D eigenvalue weighted by atomic mass is 10.1. The van der Waals surface area contributed by atoms with Gasteiger partial charge in [0.1, 0.15) is 19.0 Å². The molecule has 7 nitrogen and oxygen atoms in total. The highest BCUT2D eigenvalue weighted by molar-refractivity contribution is 14.1. The molecule has 0 spiro atoms. The SMILES string of the molecule is COc1cc(/C=C2/SC(=O)N(CC(=O)Nc3cccc(F)c3)C2=O)cc(I)c1OCc1ccc(C)cc1. The first-order chi connectivity index (χ1) is 17.7. The number of rotatable bonds is 8. The highest BCUT2D eigenvalue weighted by atomic mass is 127. The van der Waals surface area contributed by atoms with Crippen molar-refractivity contribution in [3.8, 4) is 11.5 Å². The molecule has 1 aliphatic heterocycles. The summed E-state index contributed by atoms with van der Waals surface area (Å²) in [4.78, 5) is 38.7. The topological polar surface area (TPSA) is 84.9 Å². The lowest BCUT2D eigenvalue weighted by molar-refractivity contribution is -0.127. The highest BCUT2D eigenvalue weighted by Gasteiger charge is 2.36. The van der Waals surface area contributed by atoms with Gasteiger partial charge in [-0.1, -0.05) is 35.9 Å². The molecule has 37 heavy (non-hydrogen) atoms. The Kier molecular flexibility index (Phi) is 8.49. The Labute approximate surface area is 231 Å². The van der Waals surface area contributed by atoms with Gasteiger partial charge in [0.2, 0.25) is 5.91 Å². The summed E-state index contributed by atoms with van der Waals surface area (Å²) < 4.78 is 25.6. The summed E-state index contributed by atoms with van der Waals surface area (Å²) in [5, 5.41) is 1.92. The molecule has 1 aliphatic rings. The molecule has 0 aliphatic carbocycles. The van der Waals surface area contributed by atoms with E-state index in [1.165, 1.54) is 25.3 Å². The molecule has 0 radical (unpaired) electrons. The van der Waals surface area contributed by atoms with Gasteiger partial charge in [-0.3, -0.25) is 19.3 Å². The van der Waals surface area contributed by atoms with Crippen LogP contribution in [0.1, 0.15) is 16.7 Å². The van der Waals surface area contributed by atoms with Crippen LogP contribution in [0.25, 0.3) is 6.08 Å². The Morgan fingerprint density at radius 3 is 2.59 bits per heavy atom. The highest BCUT2D eigenvalue weighted by Crippen LogP contribution is 2.37. The van der Waals surface area contributed by atoms with E-state index in [2.05, 4.69) is 27.9 Å². The van der Waals surface area contributed by atoms with Gasteiger partial charge in [-0.05, 0) is 88.8 Å². The van der Waals surface area contributed by atoms with E-state index in [4.69, 9.17) is 9.47 Å². The molecule has 4 rings (SSSR count). The van der Waals surface area contributed by atoms with Crippen LogP contribution >= 0.6 is 34.4 Å². The molecule has 1 heterocycles. The third kappa shape index (κ3) is 6.69. The molecular weight excluding hydrogens is 610 g/mol. The van der Waals surface area contributed by atoms with Gasteiger partial charge >= 0.3 is 0 Å². The summed E-state index contributed by atoms with van der Waals surface area (Å²) >= 11 is 2.87. The van der Waals surface area contributed by atoms with Crippen LogP contribution in [-0.2, 0) is 16.2 Å². The second kappa shape index (κ2) is 11.8. The van der Waals surface area contributed by atoms with Crippen molar-refractivity contribution in [2.75, 3.05) is 19.0 Å². The molecule has 3 aromatic carbocycles. The Balaban J connectivity index is 1.46. The molecule has 3 aromatic rings. The molecule has 1 saturated heterocycles. The molecule has 0 unspecified atom stereocenters. The maximum atomic E-state index is 13.3. The number of benzene rings is 3. The number of anilines is 1. The van der Waals surface area contributed by atoms with Gasteiger partial charge in [0.25, 0.3) is 11.1 Å². The van der Waals surface area contributed by atoms with E-state index < -0.39 is 29.4 Å². The fraction of sp³-hybridized carbons (Fsp3) is 0.148. The van der Waals surface area contributed by atoms with E-state index in [1.54, 1.807) is 12.1 Å². The van der Waals surface area contributed by atoms with E-state index >= 15 is 0 Å². The second-order valence-electron chi connectivity index (χ2n) is 8.13. The van der Waals surface area contributed by atoms with E-state index in [0.29, 0.717) is 23.7 Å². The van der Waals surface area contributed by atoms with Gasteiger partial charge in [-0.15, -0.1) is 0 Å². The van der Waals surface area contributed by atoms with Gasteiger partial charge in [-0.2, -0.15) is 0 Å².